The fourth-order valence-corrected chi connectivity index (χ4v) is 7.60. The van der Waals surface area contributed by atoms with Crippen molar-refractivity contribution in [3.8, 4) is 11.3 Å². The second-order valence-electron chi connectivity index (χ2n) is 14.4. The number of carbonyl (C=O) groups excluding carboxylic acids is 3. The summed E-state index contributed by atoms with van der Waals surface area (Å²) in [6.45, 7) is 11.5. The van der Waals surface area contributed by atoms with Gasteiger partial charge in [-0.05, 0) is 92.1 Å². The van der Waals surface area contributed by atoms with Crippen LogP contribution in [0.15, 0.2) is 72.8 Å². The molecule has 2 aliphatic heterocycles. The maximum absolute atomic E-state index is 14.8. The van der Waals surface area contributed by atoms with E-state index in [9.17, 15) is 14.4 Å². The van der Waals surface area contributed by atoms with E-state index in [1.165, 1.54) is 11.1 Å². The number of nitrogens with zero attached hydrogens (tertiary/aromatic N) is 5. The third kappa shape index (κ3) is 7.32. The molecule has 4 amide bonds. The number of hydrogen-bond donors (Lipinski definition) is 0. The van der Waals surface area contributed by atoms with Crippen LogP contribution < -0.4 is 4.90 Å². The number of urea groups is 1. The van der Waals surface area contributed by atoms with E-state index in [2.05, 4.69) is 49.6 Å². The van der Waals surface area contributed by atoms with Crippen LogP contribution in [0.4, 0.5) is 10.5 Å². The summed E-state index contributed by atoms with van der Waals surface area (Å²) >= 11 is 0. The molecular formula is C43H53N5O3. The molecule has 2 aliphatic rings. The normalized spacial score (nSPS) is 15.3. The van der Waals surface area contributed by atoms with Crippen LogP contribution in [-0.4, -0.2) is 69.8 Å². The zero-order valence-electron chi connectivity index (χ0n) is 31.2. The summed E-state index contributed by atoms with van der Waals surface area (Å²) < 4.78 is 2.08. The van der Waals surface area contributed by atoms with Gasteiger partial charge in [-0.25, -0.2) is 4.79 Å². The highest BCUT2D eigenvalue weighted by Crippen LogP contribution is 2.36. The molecule has 0 bridgehead atoms. The molecule has 1 aromatic heterocycles. The lowest BCUT2D eigenvalue weighted by Crippen LogP contribution is -2.44. The second-order valence-corrected chi connectivity index (χ2v) is 14.4. The Bertz CT molecular complexity index is 1890. The van der Waals surface area contributed by atoms with Gasteiger partial charge in [0.15, 0.2) is 0 Å². The molecular weight excluding hydrogens is 635 g/mol. The Morgan fingerprint density at radius 3 is 2.16 bits per heavy atom. The Morgan fingerprint density at radius 1 is 0.804 bits per heavy atom. The molecule has 1 atom stereocenters. The van der Waals surface area contributed by atoms with Crippen molar-refractivity contribution in [2.45, 2.75) is 85.4 Å². The quantitative estimate of drug-likeness (QED) is 0.169. The average Bonchev–Trinajstić information content (AvgIpc) is 3.45. The first-order valence-corrected chi connectivity index (χ1v) is 18.7. The lowest BCUT2D eigenvalue weighted by atomic mass is 9.90. The topological polar surface area (TPSA) is 69.1 Å². The minimum Gasteiger partial charge on any atom is -0.347 e. The second kappa shape index (κ2) is 15.6. The summed E-state index contributed by atoms with van der Waals surface area (Å²) in [6.07, 6.45) is 5.46. The van der Waals surface area contributed by atoms with Crippen molar-refractivity contribution in [1.29, 1.82) is 0 Å². The molecule has 0 unspecified atom stereocenters. The van der Waals surface area contributed by atoms with Gasteiger partial charge in [0, 0.05) is 81.1 Å². The van der Waals surface area contributed by atoms with E-state index in [0.29, 0.717) is 37.2 Å². The summed E-state index contributed by atoms with van der Waals surface area (Å²) in [5.41, 5.74) is 9.31. The number of benzene rings is 3. The van der Waals surface area contributed by atoms with Crippen LogP contribution in [0.3, 0.4) is 0 Å². The summed E-state index contributed by atoms with van der Waals surface area (Å²) in [4.78, 5) is 50.2. The molecule has 3 aromatic carbocycles. The molecule has 3 heterocycles. The third-order valence-electron chi connectivity index (χ3n) is 10.9. The predicted octanol–water partition coefficient (Wildman–Crippen LogP) is 8.24. The number of para-hydroxylation sites is 1. The first-order chi connectivity index (χ1) is 24.6. The van der Waals surface area contributed by atoms with E-state index >= 15 is 0 Å². The standard InChI is InChI=1S/C43H53N5O3/c1-7-9-21-46(22-10-8-2)41(49)37-27-40(44(5)31(37)4)38-25-33-20-23-47(43(51)45(6)36-18-12-11-13-19-36)28-35(33)26-39(38)42(50)48-29-34-17-15-14-16-32(34)24-30(48)3/h11-19,25-27,30H,7-10,20-24,28-29H2,1-6H3/t30-/m1/s1. The average molecular weight is 688 g/mol. The fraction of sp³-hybridized carbons (Fsp3) is 0.419. The van der Waals surface area contributed by atoms with Gasteiger partial charge in [0.2, 0.25) is 0 Å². The lowest BCUT2D eigenvalue weighted by Gasteiger charge is -2.36. The molecule has 0 N–H and O–H groups in total. The number of unbranched alkanes of at least 4 members (excludes halogenated alkanes) is 2. The minimum atomic E-state index is -0.0676. The van der Waals surface area contributed by atoms with E-state index in [4.69, 9.17) is 0 Å². The Kier molecular flexibility index (Phi) is 11.0. The van der Waals surface area contributed by atoms with Crippen molar-refractivity contribution < 1.29 is 14.4 Å². The zero-order chi connectivity index (χ0) is 36.2. The maximum Gasteiger partial charge on any atom is 0.324 e. The zero-order valence-corrected chi connectivity index (χ0v) is 31.2. The van der Waals surface area contributed by atoms with Crippen LogP contribution in [0.25, 0.3) is 11.3 Å². The largest absolute Gasteiger partial charge is 0.347 e. The smallest absolute Gasteiger partial charge is 0.324 e. The number of rotatable bonds is 10. The summed E-state index contributed by atoms with van der Waals surface area (Å²) in [5.74, 6) is 0.0268. The van der Waals surface area contributed by atoms with Crippen molar-refractivity contribution >= 4 is 23.5 Å². The molecule has 0 aliphatic carbocycles. The number of anilines is 1. The van der Waals surface area contributed by atoms with Crippen LogP contribution in [0, 0.1) is 6.92 Å². The lowest BCUT2D eigenvalue weighted by molar-refractivity contribution is 0.0658. The van der Waals surface area contributed by atoms with Crippen LogP contribution in [-0.2, 0) is 33.0 Å². The van der Waals surface area contributed by atoms with Gasteiger partial charge in [-0.3, -0.25) is 14.5 Å². The number of amides is 4. The highest BCUT2D eigenvalue weighted by molar-refractivity contribution is 6.03. The molecule has 6 rings (SSSR count). The molecule has 0 saturated heterocycles. The number of aromatic nitrogens is 1. The molecule has 51 heavy (non-hydrogen) atoms. The first-order valence-electron chi connectivity index (χ1n) is 18.7. The van der Waals surface area contributed by atoms with E-state index in [0.717, 1.165) is 79.0 Å². The van der Waals surface area contributed by atoms with E-state index in [1.807, 2.05) is 84.2 Å². The highest BCUT2D eigenvalue weighted by Gasteiger charge is 2.33. The third-order valence-corrected chi connectivity index (χ3v) is 10.9. The van der Waals surface area contributed by atoms with Gasteiger partial charge >= 0.3 is 6.03 Å². The van der Waals surface area contributed by atoms with Crippen LogP contribution in [0.1, 0.15) is 95.1 Å². The Labute approximate surface area is 303 Å². The van der Waals surface area contributed by atoms with Gasteiger partial charge in [-0.2, -0.15) is 0 Å². The summed E-state index contributed by atoms with van der Waals surface area (Å²) in [5, 5.41) is 0. The first kappa shape index (κ1) is 36.0. The summed E-state index contributed by atoms with van der Waals surface area (Å²) in [7, 11) is 3.81. The van der Waals surface area contributed by atoms with E-state index < -0.39 is 0 Å². The molecule has 8 heteroatoms. The van der Waals surface area contributed by atoms with Gasteiger partial charge in [0.25, 0.3) is 11.8 Å². The minimum absolute atomic E-state index is 0.0202. The van der Waals surface area contributed by atoms with Gasteiger partial charge in [0.1, 0.15) is 0 Å². The van der Waals surface area contributed by atoms with E-state index in [-0.39, 0.29) is 23.9 Å². The van der Waals surface area contributed by atoms with Crippen molar-refractivity contribution in [1.82, 2.24) is 19.3 Å². The van der Waals surface area contributed by atoms with Crippen LogP contribution >= 0.6 is 0 Å². The monoisotopic (exact) mass is 687 g/mol. The summed E-state index contributed by atoms with van der Waals surface area (Å²) in [6, 6.07) is 24.2. The Morgan fingerprint density at radius 2 is 1.47 bits per heavy atom. The van der Waals surface area contributed by atoms with Crippen LogP contribution in [0.2, 0.25) is 0 Å². The van der Waals surface area contributed by atoms with Gasteiger partial charge in [-0.15, -0.1) is 0 Å². The Balaban J connectivity index is 1.40. The molecule has 0 radical (unpaired) electrons. The van der Waals surface area contributed by atoms with Gasteiger partial charge in [0.05, 0.1) is 5.56 Å². The molecule has 0 spiro atoms. The molecule has 0 fully saturated rings. The highest BCUT2D eigenvalue weighted by atomic mass is 16.2. The predicted molar refractivity (Wildman–Crippen MR) is 205 cm³/mol. The fourth-order valence-electron chi connectivity index (χ4n) is 7.60. The number of carbonyl (C=O) groups is 3. The maximum atomic E-state index is 14.8. The number of hydrogen-bond acceptors (Lipinski definition) is 3. The molecule has 268 valence electrons. The van der Waals surface area contributed by atoms with Crippen LogP contribution in [0.5, 0.6) is 0 Å². The molecule has 8 nitrogen and oxygen atoms in total. The number of fused-ring (bicyclic) bond motifs is 2. The van der Waals surface area contributed by atoms with Crippen molar-refractivity contribution in [2.75, 3.05) is 31.6 Å². The van der Waals surface area contributed by atoms with Crippen molar-refractivity contribution in [3.63, 3.8) is 0 Å². The molecule has 4 aromatic rings. The Hall–Kier alpha value is -4.85. The van der Waals surface area contributed by atoms with E-state index in [1.54, 1.807) is 4.90 Å². The SMILES string of the molecule is CCCCN(CCCC)C(=O)c1cc(-c2cc3c(cc2C(=O)N2Cc4ccccc4C[C@H]2C)CN(C(=O)N(C)c2ccccc2)CC3)n(C)c1C. The molecule has 0 saturated carbocycles. The van der Waals surface area contributed by atoms with Crippen molar-refractivity contribution in [2.24, 2.45) is 7.05 Å². The van der Waals surface area contributed by atoms with Gasteiger partial charge in [-0.1, -0.05) is 69.2 Å². The van der Waals surface area contributed by atoms with Crippen molar-refractivity contribution in [3.05, 3.63) is 112 Å². The van der Waals surface area contributed by atoms with Gasteiger partial charge < -0.3 is 19.3 Å².